The fraction of sp³-hybridized carbons (Fsp3) is 0.391. The van der Waals surface area contributed by atoms with Gasteiger partial charge in [-0.25, -0.2) is 4.98 Å². The van der Waals surface area contributed by atoms with Crippen LogP contribution < -0.4 is 5.32 Å². The van der Waals surface area contributed by atoms with Crippen LogP contribution in [-0.2, 0) is 11.3 Å². The van der Waals surface area contributed by atoms with Gasteiger partial charge in [-0.15, -0.1) is 0 Å². The molecule has 5 nitrogen and oxygen atoms in total. The highest BCUT2D eigenvalue weighted by Gasteiger charge is 2.19. The number of imidazole rings is 1. The molecule has 0 radical (unpaired) electrons. The second kappa shape index (κ2) is 8.46. The third kappa shape index (κ3) is 4.35. The minimum atomic E-state index is 0.158. The highest BCUT2D eigenvalue weighted by atomic mass is 16.2. The minimum absolute atomic E-state index is 0.158. The van der Waals surface area contributed by atoms with Crippen molar-refractivity contribution in [1.29, 1.82) is 0 Å². The molecule has 0 aliphatic carbocycles. The molecule has 0 atom stereocenters. The van der Waals surface area contributed by atoms with Gasteiger partial charge in [0.2, 0.25) is 5.91 Å². The standard InChI is InChI=1S/C23H30N4O/c1-6-24-19-10-8-18(9-11-19)23-20(15-26(5)22(28)13-16(2)3)27-14-17(4)7-12-21(27)25-23/h7-12,14,16,24H,6,13,15H2,1-5H3. The first-order valence-corrected chi connectivity index (χ1v) is 9.95. The molecule has 2 heterocycles. The molecular weight excluding hydrogens is 348 g/mol. The molecule has 1 aromatic carbocycles. The Morgan fingerprint density at radius 2 is 1.89 bits per heavy atom. The van der Waals surface area contributed by atoms with Crippen molar-refractivity contribution in [2.75, 3.05) is 18.9 Å². The van der Waals surface area contributed by atoms with Crippen LogP contribution in [0.2, 0.25) is 0 Å². The molecule has 0 saturated heterocycles. The molecule has 0 aliphatic rings. The molecule has 28 heavy (non-hydrogen) atoms. The van der Waals surface area contributed by atoms with Gasteiger partial charge in [0.1, 0.15) is 5.65 Å². The van der Waals surface area contributed by atoms with Gasteiger partial charge in [-0.05, 0) is 43.5 Å². The predicted molar refractivity (Wildman–Crippen MR) is 115 cm³/mol. The van der Waals surface area contributed by atoms with E-state index in [2.05, 4.69) is 73.9 Å². The lowest BCUT2D eigenvalue weighted by Gasteiger charge is -2.19. The number of nitrogens with zero attached hydrogens (tertiary/aromatic N) is 3. The second-order valence-electron chi connectivity index (χ2n) is 7.80. The summed E-state index contributed by atoms with van der Waals surface area (Å²) in [4.78, 5) is 19.2. The van der Waals surface area contributed by atoms with E-state index in [1.54, 1.807) is 0 Å². The van der Waals surface area contributed by atoms with Crippen LogP contribution in [0.25, 0.3) is 16.9 Å². The number of hydrogen-bond donors (Lipinski definition) is 1. The molecule has 3 aromatic rings. The topological polar surface area (TPSA) is 49.6 Å². The average Bonchev–Trinajstić information content (AvgIpc) is 3.00. The van der Waals surface area contributed by atoms with Crippen molar-refractivity contribution >= 4 is 17.2 Å². The van der Waals surface area contributed by atoms with Crippen LogP contribution in [0.15, 0.2) is 42.6 Å². The molecule has 3 rings (SSSR count). The van der Waals surface area contributed by atoms with E-state index in [1.807, 2.05) is 18.0 Å². The summed E-state index contributed by atoms with van der Waals surface area (Å²) in [5.74, 6) is 0.503. The molecule has 0 unspecified atom stereocenters. The van der Waals surface area contributed by atoms with Crippen LogP contribution in [-0.4, -0.2) is 33.8 Å². The molecule has 5 heteroatoms. The second-order valence-corrected chi connectivity index (χ2v) is 7.80. The molecular formula is C23H30N4O. The lowest BCUT2D eigenvalue weighted by Crippen LogP contribution is -2.28. The number of pyridine rings is 1. The van der Waals surface area contributed by atoms with Gasteiger partial charge in [0.25, 0.3) is 0 Å². The van der Waals surface area contributed by atoms with Crippen molar-refractivity contribution in [3.8, 4) is 11.3 Å². The molecule has 1 N–H and O–H groups in total. The number of benzene rings is 1. The molecule has 0 aliphatic heterocycles. The van der Waals surface area contributed by atoms with Crippen molar-refractivity contribution in [3.63, 3.8) is 0 Å². The minimum Gasteiger partial charge on any atom is -0.385 e. The molecule has 0 spiro atoms. The third-order valence-electron chi connectivity index (χ3n) is 4.80. The van der Waals surface area contributed by atoms with E-state index in [1.165, 1.54) is 0 Å². The summed E-state index contributed by atoms with van der Waals surface area (Å²) >= 11 is 0. The Bertz CT molecular complexity index is 957. The Labute approximate surface area is 167 Å². The summed E-state index contributed by atoms with van der Waals surface area (Å²) in [6.45, 7) is 9.71. The molecule has 148 valence electrons. The Morgan fingerprint density at radius 3 is 2.54 bits per heavy atom. The van der Waals surface area contributed by atoms with Crippen molar-refractivity contribution in [1.82, 2.24) is 14.3 Å². The van der Waals surface area contributed by atoms with E-state index in [9.17, 15) is 4.79 Å². The largest absolute Gasteiger partial charge is 0.385 e. The molecule has 1 amide bonds. The lowest BCUT2D eigenvalue weighted by atomic mass is 10.1. The molecule has 2 aromatic heterocycles. The number of nitrogens with one attached hydrogen (secondary N) is 1. The first-order chi connectivity index (χ1) is 13.4. The first-order valence-electron chi connectivity index (χ1n) is 9.95. The van der Waals surface area contributed by atoms with Crippen LogP contribution in [0.1, 0.15) is 38.4 Å². The highest BCUT2D eigenvalue weighted by Crippen LogP contribution is 2.27. The Morgan fingerprint density at radius 1 is 1.18 bits per heavy atom. The van der Waals surface area contributed by atoms with Crippen molar-refractivity contribution in [2.45, 2.75) is 40.7 Å². The van der Waals surface area contributed by atoms with Gasteiger partial charge >= 0.3 is 0 Å². The number of aryl methyl sites for hydroxylation is 1. The number of amides is 1. The van der Waals surface area contributed by atoms with Crippen molar-refractivity contribution in [3.05, 3.63) is 53.9 Å². The number of aromatic nitrogens is 2. The number of rotatable bonds is 7. The molecule has 0 fully saturated rings. The fourth-order valence-corrected chi connectivity index (χ4v) is 3.35. The van der Waals surface area contributed by atoms with Gasteiger partial charge in [-0.1, -0.05) is 32.0 Å². The van der Waals surface area contributed by atoms with Crippen LogP contribution in [0.5, 0.6) is 0 Å². The van der Waals surface area contributed by atoms with Crippen LogP contribution in [0.4, 0.5) is 5.69 Å². The van der Waals surface area contributed by atoms with E-state index < -0.39 is 0 Å². The smallest absolute Gasteiger partial charge is 0.222 e. The number of carbonyl (C=O) groups excluding carboxylic acids is 1. The molecule has 0 saturated carbocycles. The maximum atomic E-state index is 12.5. The number of fused-ring (bicyclic) bond motifs is 1. The summed E-state index contributed by atoms with van der Waals surface area (Å²) in [5, 5.41) is 3.32. The summed E-state index contributed by atoms with van der Waals surface area (Å²) in [6, 6.07) is 12.4. The van der Waals surface area contributed by atoms with E-state index in [0.717, 1.165) is 40.4 Å². The number of carbonyl (C=O) groups is 1. The Kier molecular flexibility index (Phi) is 6.02. The number of hydrogen-bond acceptors (Lipinski definition) is 3. The first kappa shape index (κ1) is 19.9. The zero-order valence-corrected chi connectivity index (χ0v) is 17.5. The summed E-state index contributed by atoms with van der Waals surface area (Å²) in [7, 11) is 1.87. The monoisotopic (exact) mass is 378 g/mol. The van der Waals surface area contributed by atoms with Gasteiger partial charge < -0.3 is 14.6 Å². The molecule has 0 bridgehead atoms. The summed E-state index contributed by atoms with van der Waals surface area (Å²) < 4.78 is 2.11. The fourth-order valence-electron chi connectivity index (χ4n) is 3.35. The van der Waals surface area contributed by atoms with Gasteiger partial charge in [-0.3, -0.25) is 4.79 Å². The SMILES string of the molecule is CCNc1ccc(-c2nc3ccc(C)cn3c2CN(C)C(=O)CC(C)C)cc1. The van der Waals surface area contributed by atoms with Gasteiger partial charge in [0.15, 0.2) is 0 Å². The number of anilines is 1. The zero-order chi connectivity index (χ0) is 20.3. The maximum absolute atomic E-state index is 12.5. The van der Waals surface area contributed by atoms with E-state index in [-0.39, 0.29) is 5.91 Å². The average molecular weight is 379 g/mol. The summed E-state index contributed by atoms with van der Waals surface area (Å²) in [5.41, 5.74) is 6.18. The Balaban J connectivity index is 2.02. The van der Waals surface area contributed by atoms with Gasteiger partial charge in [0.05, 0.1) is 17.9 Å². The van der Waals surface area contributed by atoms with Crippen molar-refractivity contribution in [2.24, 2.45) is 5.92 Å². The maximum Gasteiger partial charge on any atom is 0.222 e. The lowest BCUT2D eigenvalue weighted by molar-refractivity contribution is -0.131. The normalized spacial score (nSPS) is 11.2. The summed E-state index contributed by atoms with van der Waals surface area (Å²) in [6.07, 6.45) is 2.65. The van der Waals surface area contributed by atoms with E-state index in [4.69, 9.17) is 4.98 Å². The Hall–Kier alpha value is -2.82. The van der Waals surface area contributed by atoms with Gasteiger partial charge in [-0.2, -0.15) is 0 Å². The zero-order valence-electron chi connectivity index (χ0n) is 17.5. The predicted octanol–water partition coefficient (Wildman–Crippen LogP) is 4.75. The quantitative estimate of drug-likeness (QED) is 0.646. The van der Waals surface area contributed by atoms with Gasteiger partial charge in [0, 0.05) is 37.5 Å². The van der Waals surface area contributed by atoms with Crippen molar-refractivity contribution < 1.29 is 4.79 Å². The highest BCUT2D eigenvalue weighted by molar-refractivity contribution is 5.76. The van der Waals surface area contributed by atoms with Crippen LogP contribution in [0, 0.1) is 12.8 Å². The van der Waals surface area contributed by atoms with E-state index >= 15 is 0 Å². The third-order valence-corrected chi connectivity index (χ3v) is 4.80. The van der Waals surface area contributed by atoms with Crippen LogP contribution >= 0.6 is 0 Å². The van der Waals surface area contributed by atoms with E-state index in [0.29, 0.717) is 18.9 Å². The van der Waals surface area contributed by atoms with Crippen LogP contribution in [0.3, 0.4) is 0 Å².